The third kappa shape index (κ3) is 4.59. The normalized spacial score (nSPS) is 12.8. The summed E-state index contributed by atoms with van der Waals surface area (Å²) >= 11 is 0. The third-order valence-corrected chi connectivity index (χ3v) is 3.74. The minimum absolute atomic E-state index is 0.193. The highest BCUT2D eigenvalue weighted by atomic mass is 16.5. The Labute approximate surface area is 142 Å². The van der Waals surface area contributed by atoms with Gasteiger partial charge < -0.3 is 15.4 Å². The molecule has 126 valence electrons. The second-order valence-electron chi connectivity index (χ2n) is 5.56. The molecule has 0 saturated heterocycles. The fourth-order valence-corrected chi connectivity index (χ4v) is 2.17. The second kappa shape index (κ2) is 8.15. The first-order valence-electron chi connectivity index (χ1n) is 7.86. The van der Waals surface area contributed by atoms with Crippen LogP contribution in [0.2, 0.25) is 0 Å². The number of para-hydroxylation sites is 1. The van der Waals surface area contributed by atoms with Crippen LogP contribution < -0.4 is 15.4 Å². The number of amides is 2. The minimum Gasteiger partial charge on any atom is -0.489 e. The Morgan fingerprint density at radius 1 is 0.917 bits per heavy atom. The van der Waals surface area contributed by atoms with Crippen molar-refractivity contribution in [2.24, 2.45) is 0 Å². The maximum atomic E-state index is 12.4. The lowest BCUT2D eigenvalue weighted by Crippen LogP contribution is -2.42. The van der Waals surface area contributed by atoms with E-state index in [4.69, 9.17) is 4.74 Å². The van der Waals surface area contributed by atoms with Gasteiger partial charge in [-0.2, -0.15) is 0 Å². The van der Waals surface area contributed by atoms with Gasteiger partial charge in [-0.15, -0.1) is 0 Å². The van der Waals surface area contributed by atoms with E-state index in [1.54, 1.807) is 31.3 Å². The van der Waals surface area contributed by atoms with E-state index in [2.05, 4.69) is 10.6 Å². The highest BCUT2D eigenvalue weighted by Gasteiger charge is 2.18. The van der Waals surface area contributed by atoms with Crippen LogP contribution in [0.4, 0.5) is 0 Å². The summed E-state index contributed by atoms with van der Waals surface area (Å²) in [5, 5.41) is 5.45. The molecule has 2 amide bonds. The molecule has 2 aromatic carbocycles. The maximum Gasteiger partial charge on any atom is 0.251 e. The summed E-state index contributed by atoms with van der Waals surface area (Å²) in [7, 11) is 1.56. The monoisotopic (exact) mass is 326 g/mol. The molecule has 24 heavy (non-hydrogen) atoms. The van der Waals surface area contributed by atoms with Crippen molar-refractivity contribution in [3.8, 4) is 5.75 Å². The summed E-state index contributed by atoms with van der Waals surface area (Å²) in [6.07, 6.45) is -0.196. The van der Waals surface area contributed by atoms with E-state index >= 15 is 0 Å². The van der Waals surface area contributed by atoms with Gasteiger partial charge in [0, 0.05) is 18.2 Å². The molecular weight excluding hydrogens is 304 g/mol. The number of carbonyl (C=O) groups excluding carboxylic acids is 2. The lowest BCUT2D eigenvalue weighted by molar-refractivity contribution is 0.0894. The van der Waals surface area contributed by atoms with Crippen molar-refractivity contribution in [2.75, 3.05) is 7.05 Å². The average molecular weight is 326 g/mol. The molecule has 0 radical (unpaired) electrons. The number of benzene rings is 2. The molecule has 0 bridgehead atoms. The van der Waals surface area contributed by atoms with Crippen LogP contribution in [0.1, 0.15) is 34.6 Å². The molecule has 2 atom stereocenters. The Hall–Kier alpha value is -2.82. The number of carbonyl (C=O) groups is 2. The van der Waals surface area contributed by atoms with Crippen molar-refractivity contribution in [3.63, 3.8) is 0 Å². The summed E-state index contributed by atoms with van der Waals surface area (Å²) in [5.74, 6) is 0.294. The van der Waals surface area contributed by atoms with Gasteiger partial charge in [-0.25, -0.2) is 0 Å². The van der Waals surface area contributed by atoms with Crippen molar-refractivity contribution in [1.82, 2.24) is 10.6 Å². The first-order chi connectivity index (χ1) is 11.5. The first kappa shape index (κ1) is 17.5. The van der Waals surface area contributed by atoms with Gasteiger partial charge in [-0.1, -0.05) is 24.3 Å². The van der Waals surface area contributed by atoms with E-state index in [-0.39, 0.29) is 24.0 Å². The minimum atomic E-state index is -0.239. The zero-order valence-corrected chi connectivity index (χ0v) is 14.1. The van der Waals surface area contributed by atoms with Gasteiger partial charge in [0.15, 0.2) is 0 Å². The molecule has 0 aromatic heterocycles. The number of nitrogens with one attached hydrogen (secondary N) is 2. The van der Waals surface area contributed by atoms with Crippen LogP contribution in [-0.4, -0.2) is 31.0 Å². The van der Waals surface area contributed by atoms with E-state index in [0.29, 0.717) is 11.1 Å². The van der Waals surface area contributed by atoms with E-state index in [9.17, 15) is 9.59 Å². The molecule has 0 spiro atoms. The SMILES string of the molecule is CNC(=O)c1cccc(C(=O)N[C@@H](C)[C@@H](C)Oc2ccccc2)c1. The van der Waals surface area contributed by atoms with Crippen molar-refractivity contribution in [1.29, 1.82) is 0 Å². The summed E-state index contributed by atoms with van der Waals surface area (Å²) in [6.45, 7) is 3.78. The van der Waals surface area contributed by atoms with Gasteiger partial charge >= 0.3 is 0 Å². The summed E-state index contributed by atoms with van der Waals surface area (Å²) in [5.41, 5.74) is 0.890. The highest BCUT2D eigenvalue weighted by molar-refractivity contribution is 5.99. The largest absolute Gasteiger partial charge is 0.489 e. The molecule has 2 aromatic rings. The number of hydrogen-bond acceptors (Lipinski definition) is 3. The topological polar surface area (TPSA) is 67.4 Å². The summed E-state index contributed by atoms with van der Waals surface area (Å²) < 4.78 is 5.81. The van der Waals surface area contributed by atoms with E-state index in [0.717, 1.165) is 5.75 Å². The predicted octanol–water partition coefficient (Wildman–Crippen LogP) is 2.63. The molecule has 2 rings (SSSR count). The van der Waals surface area contributed by atoms with Crippen LogP contribution in [0.5, 0.6) is 5.75 Å². The standard InChI is InChI=1S/C19H22N2O3/c1-13(14(2)24-17-10-5-4-6-11-17)21-19(23)16-9-7-8-15(12-16)18(22)20-3/h4-14H,1-3H3,(H,20,22)(H,21,23)/t13-,14+/m0/s1. The van der Waals surface area contributed by atoms with Gasteiger partial charge in [0.2, 0.25) is 0 Å². The van der Waals surface area contributed by atoms with Crippen LogP contribution >= 0.6 is 0 Å². The molecule has 0 heterocycles. The van der Waals surface area contributed by atoms with Gasteiger partial charge in [-0.05, 0) is 44.2 Å². The Balaban J connectivity index is 1.99. The fourth-order valence-electron chi connectivity index (χ4n) is 2.17. The Kier molecular flexibility index (Phi) is 5.95. The quantitative estimate of drug-likeness (QED) is 0.857. The lowest BCUT2D eigenvalue weighted by atomic mass is 10.1. The average Bonchev–Trinajstić information content (AvgIpc) is 2.61. The van der Waals surface area contributed by atoms with Gasteiger partial charge in [0.1, 0.15) is 11.9 Å². The van der Waals surface area contributed by atoms with Gasteiger partial charge in [0.25, 0.3) is 11.8 Å². The van der Waals surface area contributed by atoms with E-state index in [1.165, 1.54) is 0 Å². The third-order valence-electron chi connectivity index (χ3n) is 3.74. The molecule has 0 fully saturated rings. The molecule has 0 aliphatic carbocycles. The van der Waals surface area contributed by atoms with Crippen molar-refractivity contribution in [3.05, 3.63) is 65.7 Å². The van der Waals surface area contributed by atoms with Crippen molar-refractivity contribution < 1.29 is 14.3 Å². The molecule has 2 N–H and O–H groups in total. The molecule has 5 nitrogen and oxygen atoms in total. The molecule has 0 unspecified atom stereocenters. The number of hydrogen-bond donors (Lipinski definition) is 2. The first-order valence-corrected chi connectivity index (χ1v) is 7.86. The van der Waals surface area contributed by atoms with Gasteiger partial charge in [0.05, 0.1) is 6.04 Å². The molecule has 0 aliphatic heterocycles. The van der Waals surface area contributed by atoms with Crippen molar-refractivity contribution >= 4 is 11.8 Å². The summed E-state index contributed by atoms with van der Waals surface area (Å²) in [6, 6.07) is 15.9. The molecule has 0 aliphatic rings. The predicted molar refractivity (Wildman–Crippen MR) is 93.3 cm³/mol. The van der Waals surface area contributed by atoms with Gasteiger partial charge in [-0.3, -0.25) is 9.59 Å². The Bertz CT molecular complexity index is 701. The zero-order valence-electron chi connectivity index (χ0n) is 14.1. The van der Waals surface area contributed by atoms with Crippen LogP contribution in [0, 0.1) is 0 Å². The van der Waals surface area contributed by atoms with E-state index in [1.807, 2.05) is 44.2 Å². The number of ether oxygens (including phenoxy) is 1. The molecular formula is C19H22N2O3. The van der Waals surface area contributed by atoms with Crippen LogP contribution in [0.15, 0.2) is 54.6 Å². The smallest absolute Gasteiger partial charge is 0.251 e. The lowest BCUT2D eigenvalue weighted by Gasteiger charge is -2.22. The second-order valence-corrected chi connectivity index (χ2v) is 5.56. The van der Waals surface area contributed by atoms with E-state index < -0.39 is 0 Å². The Morgan fingerprint density at radius 3 is 2.17 bits per heavy atom. The number of rotatable bonds is 6. The van der Waals surface area contributed by atoms with Crippen molar-refractivity contribution in [2.45, 2.75) is 26.0 Å². The molecule has 5 heteroatoms. The zero-order chi connectivity index (χ0) is 17.5. The highest BCUT2D eigenvalue weighted by Crippen LogP contribution is 2.13. The summed E-state index contributed by atoms with van der Waals surface area (Å²) in [4.78, 5) is 24.0. The van der Waals surface area contributed by atoms with Crippen LogP contribution in [0.25, 0.3) is 0 Å². The van der Waals surface area contributed by atoms with Crippen LogP contribution in [-0.2, 0) is 0 Å². The van der Waals surface area contributed by atoms with Crippen LogP contribution in [0.3, 0.4) is 0 Å². The molecule has 0 saturated carbocycles. The Morgan fingerprint density at radius 2 is 1.54 bits per heavy atom. The maximum absolute atomic E-state index is 12.4. The fraction of sp³-hybridized carbons (Fsp3) is 0.263.